The summed E-state index contributed by atoms with van der Waals surface area (Å²) in [5.74, 6) is 0.305. The number of rotatable bonds is 5. The molecule has 9 heteroatoms. The summed E-state index contributed by atoms with van der Waals surface area (Å²) < 4.78 is 10.2. The number of amides is 1. The van der Waals surface area contributed by atoms with Crippen molar-refractivity contribution in [1.82, 2.24) is 25.2 Å². The highest BCUT2D eigenvalue weighted by Crippen LogP contribution is 2.22. The molecule has 1 saturated heterocycles. The maximum absolute atomic E-state index is 12.3. The first kappa shape index (κ1) is 17.2. The second-order valence-electron chi connectivity index (χ2n) is 5.52. The second kappa shape index (κ2) is 7.40. The molecule has 1 N–H and O–H groups in total. The largest absolute Gasteiger partial charge is 0.467 e. The molecule has 2 rings (SSSR count). The lowest BCUT2D eigenvalue weighted by molar-refractivity contribution is -0.123. The first-order valence-corrected chi connectivity index (χ1v) is 7.56. The van der Waals surface area contributed by atoms with Crippen LogP contribution in [0.3, 0.4) is 0 Å². The average Bonchev–Trinajstić information content (AvgIpc) is 2.59. The number of methoxy groups -OCH3 is 2. The number of hydrogen-bond acceptors (Lipinski definition) is 8. The van der Waals surface area contributed by atoms with Gasteiger partial charge in [-0.1, -0.05) is 0 Å². The first-order valence-electron chi connectivity index (χ1n) is 7.56. The van der Waals surface area contributed by atoms with E-state index in [1.54, 1.807) is 7.05 Å². The number of likely N-dealkylation sites (N-methyl/N-ethyl adjacent to an activating group) is 1. The number of hydrogen-bond donors (Lipinski definition) is 1. The zero-order valence-electron chi connectivity index (χ0n) is 14.2. The van der Waals surface area contributed by atoms with Crippen LogP contribution in [0.1, 0.15) is 13.8 Å². The van der Waals surface area contributed by atoms with Crippen molar-refractivity contribution in [1.29, 1.82) is 0 Å². The molecule has 1 aliphatic rings. The molecule has 1 unspecified atom stereocenters. The number of ether oxygens (including phenoxy) is 2. The number of carbonyl (C=O) groups excluding carboxylic acids is 1. The van der Waals surface area contributed by atoms with Gasteiger partial charge in [0.25, 0.3) is 0 Å². The third-order valence-electron chi connectivity index (χ3n) is 3.90. The van der Waals surface area contributed by atoms with Gasteiger partial charge in [-0.15, -0.1) is 4.98 Å². The van der Waals surface area contributed by atoms with E-state index in [-0.39, 0.29) is 24.0 Å². The zero-order valence-corrected chi connectivity index (χ0v) is 14.2. The van der Waals surface area contributed by atoms with E-state index in [1.165, 1.54) is 14.2 Å². The maximum atomic E-state index is 12.3. The van der Waals surface area contributed by atoms with Crippen LogP contribution < -0.4 is 19.7 Å². The Kier molecular flexibility index (Phi) is 5.54. The minimum absolute atomic E-state index is 0.0753. The molecule has 0 aliphatic carbocycles. The molecule has 23 heavy (non-hydrogen) atoms. The van der Waals surface area contributed by atoms with E-state index in [2.05, 4.69) is 39.0 Å². The molecule has 0 bridgehead atoms. The molecule has 1 fully saturated rings. The van der Waals surface area contributed by atoms with Crippen LogP contribution >= 0.6 is 0 Å². The summed E-state index contributed by atoms with van der Waals surface area (Å²) in [5.41, 5.74) is 0. The topological polar surface area (TPSA) is 92.7 Å². The smallest absolute Gasteiger partial charge is 0.324 e. The van der Waals surface area contributed by atoms with E-state index < -0.39 is 0 Å². The van der Waals surface area contributed by atoms with Crippen molar-refractivity contribution in [2.45, 2.75) is 25.9 Å². The molecular formula is C14H24N6O3. The third kappa shape index (κ3) is 3.79. The summed E-state index contributed by atoms with van der Waals surface area (Å²) in [4.78, 5) is 29.0. The van der Waals surface area contributed by atoms with Crippen LogP contribution in [0.15, 0.2) is 0 Å². The number of nitrogens with one attached hydrogen (secondary N) is 1. The Morgan fingerprint density at radius 3 is 2.26 bits per heavy atom. The molecule has 1 atom stereocenters. The van der Waals surface area contributed by atoms with Gasteiger partial charge in [0.2, 0.25) is 11.9 Å². The highest BCUT2D eigenvalue weighted by Gasteiger charge is 2.35. The van der Waals surface area contributed by atoms with Crippen LogP contribution in [0.2, 0.25) is 0 Å². The Morgan fingerprint density at radius 1 is 1.17 bits per heavy atom. The SMILES string of the molecule is CNC(=O)C1CN(C(C)C)CCN1c1nc(OC)nc(OC)n1. The van der Waals surface area contributed by atoms with Gasteiger partial charge in [-0.05, 0) is 13.8 Å². The molecule has 128 valence electrons. The van der Waals surface area contributed by atoms with Gasteiger partial charge in [-0.2, -0.15) is 9.97 Å². The monoisotopic (exact) mass is 324 g/mol. The molecule has 0 saturated carbocycles. The quantitative estimate of drug-likeness (QED) is 0.777. The number of carbonyl (C=O) groups is 1. The van der Waals surface area contributed by atoms with Gasteiger partial charge in [0.05, 0.1) is 14.2 Å². The average molecular weight is 324 g/mol. The van der Waals surface area contributed by atoms with Crippen LogP contribution in [0.25, 0.3) is 0 Å². The van der Waals surface area contributed by atoms with E-state index >= 15 is 0 Å². The van der Waals surface area contributed by atoms with Crippen molar-refractivity contribution >= 4 is 11.9 Å². The standard InChI is InChI=1S/C14H24N6O3/c1-9(2)19-6-7-20(10(8-19)11(21)15-3)12-16-13(22-4)18-14(17-12)23-5/h9-10H,6-8H2,1-5H3,(H,15,21). The Hall–Kier alpha value is -2.16. The van der Waals surface area contributed by atoms with Crippen molar-refractivity contribution in [3.8, 4) is 12.0 Å². The number of piperazine rings is 1. The summed E-state index contributed by atoms with van der Waals surface area (Å²) in [6.45, 7) is 6.29. The van der Waals surface area contributed by atoms with E-state index in [0.29, 0.717) is 25.1 Å². The van der Waals surface area contributed by atoms with Gasteiger partial charge < -0.3 is 19.7 Å². The third-order valence-corrected chi connectivity index (χ3v) is 3.90. The molecule has 1 amide bonds. The lowest BCUT2D eigenvalue weighted by Gasteiger charge is -2.41. The van der Waals surface area contributed by atoms with Crippen molar-refractivity contribution in [2.24, 2.45) is 0 Å². The summed E-state index contributed by atoms with van der Waals surface area (Å²) >= 11 is 0. The van der Waals surface area contributed by atoms with E-state index in [0.717, 1.165) is 6.54 Å². The van der Waals surface area contributed by atoms with E-state index in [9.17, 15) is 4.79 Å². The van der Waals surface area contributed by atoms with Gasteiger partial charge in [0.15, 0.2) is 0 Å². The molecule has 0 aromatic carbocycles. The van der Waals surface area contributed by atoms with Crippen LogP contribution in [0, 0.1) is 0 Å². The van der Waals surface area contributed by atoms with E-state index in [1.807, 2.05) is 4.90 Å². The Bertz CT molecular complexity index is 531. The highest BCUT2D eigenvalue weighted by molar-refractivity contribution is 5.85. The van der Waals surface area contributed by atoms with Gasteiger partial charge in [0.1, 0.15) is 6.04 Å². The number of aromatic nitrogens is 3. The normalized spacial score (nSPS) is 18.9. The summed E-state index contributed by atoms with van der Waals surface area (Å²) in [6.07, 6.45) is 0. The van der Waals surface area contributed by atoms with Crippen molar-refractivity contribution < 1.29 is 14.3 Å². The molecule has 1 aliphatic heterocycles. The Labute approximate surface area is 136 Å². The predicted octanol–water partition coefficient (Wildman–Crippen LogP) is -0.466. The molecule has 0 spiro atoms. The molecular weight excluding hydrogens is 300 g/mol. The van der Waals surface area contributed by atoms with Gasteiger partial charge >= 0.3 is 12.0 Å². The first-order chi connectivity index (χ1) is 11.0. The maximum Gasteiger partial charge on any atom is 0.324 e. The fourth-order valence-corrected chi connectivity index (χ4v) is 2.54. The summed E-state index contributed by atoms with van der Waals surface area (Å²) in [5, 5.41) is 2.71. The van der Waals surface area contributed by atoms with Gasteiger partial charge in [-0.3, -0.25) is 9.69 Å². The van der Waals surface area contributed by atoms with Crippen LogP contribution in [0.4, 0.5) is 5.95 Å². The van der Waals surface area contributed by atoms with Crippen LogP contribution in [0.5, 0.6) is 12.0 Å². The minimum Gasteiger partial charge on any atom is -0.467 e. The van der Waals surface area contributed by atoms with Gasteiger partial charge in [-0.25, -0.2) is 0 Å². The highest BCUT2D eigenvalue weighted by atomic mass is 16.5. The molecule has 0 radical (unpaired) electrons. The fraction of sp³-hybridized carbons (Fsp3) is 0.714. The molecule has 1 aromatic rings. The van der Waals surface area contributed by atoms with E-state index in [4.69, 9.17) is 9.47 Å². The summed E-state index contributed by atoms with van der Waals surface area (Å²) in [7, 11) is 4.58. The van der Waals surface area contributed by atoms with Crippen molar-refractivity contribution in [2.75, 3.05) is 45.8 Å². The van der Waals surface area contributed by atoms with Crippen LogP contribution in [-0.4, -0.2) is 78.7 Å². The molecule has 2 heterocycles. The lowest BCUT2D eigenvalue weighted by atomic mass is 10.1. The van der Waals surface area contributed by atoms with Crippen molar-refractivity contribution in [3.63, 3.8) is 0 Å². The van der Waals surface area contributed by atoms with Gasteiger partial charge in [0, 0.05) is 32.7 Å². The number of anilines is 1. The fourth-order valence-electron chi connectivity index (χ4n) is 2.54. The Morgan fingerprint density at radius 2 is 1.78 bits per heavy atom. The minimum atomic E-state index is -0.382. The molecule has 9 nitrogen and oxygen atoms in total. The predicted molar refractivity (Wildman–Crippen MR) is 84.8 cm³/mol. The number of nitrogens with zero attached hydrogens (tertiary/aromatic N) is 5. The Balaban J connectivity index is 2.33. The van der Waals surface area contributed by atoms with Crippen molar-refractivity contribution in [3.05, 3.63) is 0 Å². The zero-order chi connectivity index (χ0) is 17.0. The lowest BCUT2D eigenvalue weighted by Crippen LogP contribution is -2.60. The second-order valence-corrected chi connectivity index (χ2v) is 5.52. The van der Waals surface area contributed by atoms with Crippen LogP contribution in [-0.2, 0) is 4.79 Å². The summed E-state index contributed by atoms with van der Waals surface area (Å²) in [6, 6.07) is 0.308. The molecule has 1 aromatic heterocycles.